The van der Waals surface area contributed by atoms with Crippen molar-refractivity contribution >= 4 is 5.97 Å². The van der Waals surface area contributed by atoms with Crippen LogP contribution < -0.4 is 5.32 Å². The summed E-state index contributed by atoms with van der Waals surface area (Å²) < 4.78 is 5.14. The van der Waals surface area contributed by atoms with Crippen LogP contribution in [0.5, 0.6) is 0 Å². The van der Waals surface area contributed by atoms with Gasteiger partial charge in [-0.15, -0.1) is 0 Å². The molecule has 1 atom stereocenters. The fourth-order valence-electron chi connectivity index (χ4n) is 2.24. The molecule has 1 N–H and O–H groups in total. The van der Waals surface area contributed by atoms with Crippen molar-refractivity contribution in [1.82, 2.24) is 10.2 Å². The van der Waals surface area contributed by atoms with Crippen molar-refractivity contribution in [2.45, 2.75) is 57.2 Å². The Bertz CT molecular complexity index is 262. The molecule has 4 nitrogen and oxygen atoms in total. The summed E-state index contributed by atoms with van der Waals surface area (Å²) in [7, 11) is 2.12. The van der Waals surface area contributed by atoms with E-state index in [9.17, 15) is 4.79 Å². The van der Waals surface area contributed by atoms with E-state index in [0.29, 0.717) is 18.7 Å². The zero-order valence-electron chi connectivity index (χ0n) is 10.9. The molecule has 0 aromatic carbocycles. The van der Waals surface area contributed by atoms with E-state index in [4.69, 9.17) is 4.74 Å². The van der Waals surface area contributed by atoms with Gasteiger partial charge in [-0.3, -0.25) is 4.79 Å². The number of nitrogens with one attached hydrogen (secondary N) is 1. The monoisotopic (exact) mass is 240 g/mol. The van der Waals surface area contributed by atoms with Gasteiger partial charge in [0.25, 0.3) is 0 Å². The van der Waals surface area contributed by atoms with Gasteiger partial charge in [-0.05, 0) is 39.7 Å². The average molecular weight is 240 g/mol. The van der Waals surface area contributed by atoms with Crippen LogP contribution in [0.1, 0.15) is 39.0 Å². The lowest BCUT2D eigenvalue weighted by Crippen LogP contribution is -2.50. The Labute approximate surface area is 104 Å². The summed E-state index contributed by atoms with van der Waals surface area (Å²) in [4.78, 5) is 14.2. The second-order valence-electron chi connectivity index (χ2n) is 5.27. The molecule has 0 spiro atoms. The van der Waals surface area contributed by atoms with Gasteiger partial charge in [-0.1, -0.05) is 6.42 Å². The smallest absolute Gasteiger partial charge is 0.324 e. The number of likely N-dealkylation sites (N-methyl/N-ethyl adjacent to an activating group) is 1. The topological polar surface area (TPSA) is 41.6 Å². The second kappa shape index (κ2) is 5.83. The normalized spacial score (nSPS) is 22.3. The number of carbonyl (C=O) groups is 1. The molecule has 0 radical (unpaired) electrons. The van der Waals surface area contributed by atoms with Crippen LogP contribution in [-0.4, -0.2) is 49.2 Å². The van der Waals surface area contributed by atoms with Crippen LogP contribution in [0.25, 0.3) is 0 Å². The molecule has 2 fully saturated rings. The van der Waals surface area contributed by atoms with Gasteiger partial charge in [0.2, 0.25) is 0 Å². The Hall–Kier alpha value is -0.610. The van der Waals surface area contributed by atoms with E-state index in [0.717, 1.165) is 6.54 Å². The SMILES string of the molecule is CCOC(=O)C(CN(C)C1CCC1)NC1CC1. The number of esters is 1. The maximum Gasteiger partial charge on any atom is 0.324 e. The van der Waals surface area contributed by atoms with Gasteiger partial charge in [0.05, 0.1) is 6.61 Å². The Balaban J connectivity index is 1.81. The molecule has 2 saturated carbocycles. The van der Waals surface area contributed by atoms with Crippen LogP contribution in [-0.2, 0) is 9.53 Å². The van der Waals surface area contributed by atoms with Crippen LogP contribution in [0.4, 0.5) is 0 Å². The lowest BCUT2D eigenvalue weighted by molar-refractivity contribution is -0.146. The summed E-state index contributed by atoms with van der Waals surface area (Å²) >= 11 is 0. The first kappa shape index (κ1) is 12.8. The van der Waals surface area contributed by atoms with E-state index in [1.165, 1.54) is 32.1 Å². The summed E-state index contributed by atoms with van der Waals surface area (Å²) in [5, 5.41) is 3.39. The fraction of sp³-hybridized carbons (Fsp3) is 0.923. The molecule has 0 bridgehead atoms. The molecule has 4 heteroatoms. The Kier molecular flexibility index (Phi) is 4.40. The summed E-state index contributed by atoms with van der Waals surface area (Å²) in [6.45, 7) is 3.11. The Morgan fingerprint density at radius 3 is 2.59 bits per heavy atom. The van der Waals surface area contributed by atoms with E-state index in [-0.39, 0.29) is 12.0 Å². The van der Waals surface area contributed by atoms with Crippen molar-refractivity contribution in [3.8, 4) is 0 Å². The van der Waals surface area contributed by atoms with E-state index >= 15 is 0 Å². The lowest BCUT2D eigenvalue weighted by atomic mass is 9.91. The average Bonchev–Trinajstić information content (AvgIpc) is 2.98. The van der Waals surface area contributed by atoms with Gasteiger partial charge in [0.15, 0.2) is 0 Å². The third kappa shape index (κ3) is 3.68. The highest BCUT2D eigenvalue weighted by molar-refractivity contribution is 5.76. The van der Waals surface area contributed by atoms with Crippen LogP contribution in [0.2, 0.25) is 0 Å². The van der Waals surface area contributed by atoms with E-state index in [1.807, 2.05) is 6.92 Å². The first-order valence-corrected chi connectivity index (χ1v) is 6.83. The molecule has 0 aliphatic heterocycles. The van der Waals surface area contributed by atoms with Crippen LogP contribution in [0.15, 0.2) is 0 Å². The highest BCUT2D eigenvalue weighted by Crippen LogP contribution is 2.24. The first-order valence-electron chi connectivity index (χ1n) is 6.83. The van der Waals surface area contributed by atoms with Crippen molar-refractivity contribution in [2.24, 2.45) is 0 Å². The van der Waals surface area contributed by atoms with Crippen molar-refractivity contribution in [3.63, 3.8) is 0 Å². The Morgan fingerprint density at radius 1 is 1.41 bits per heavy atom. The minimum atomic E-state index is -0.145. The van der Waals surface area contributed by atoms with Gasteiger partial charge in [0, 0.05) is 18.6 Å². The van der Waals surface area contributed by atoms with Gasteiger partial charge < -0.3 is 15.0 Å². The van der Waals surface area contributed by atoms with Crippen molar-refractivity contribution < 1.29 is 9.53 Å². The highest BCUT2D eigenvalue weighted by atomic mass is 16.5. The summed E-state index contributed by atoms with van der Waals surface area (Å²) in [5.74, 6) is -0.0921. The number of ether oxygens (including phenoxy) is 1. The van der Waals surface area contributed by atoms with E-state index in [2.05, 4.69) is 17.3 Å². The predicted octanol–water partition coefficient (Wildman–Crippen LogP) is 1.15. The minimum Gasteiger partial charge on any atom is -0.465 e. The maximum absolute atomic E-state index is 11.9. The third-order valence-electron chi connectivity index (χ3n) is 3.75. The van der Waals surface area contributed by atoms with Crippen LogP contribution in [0.3, 0.4) is 0 Å². The molecule has 98 valence electrons. The van der Waals surface area contributed by atoms with Crippen LogP contribution >= 0.6 is 0 Å². The summed E-state index contributed by atoms with van der Waals surface area (Å²) in [5.41, 5.74) is 0. The molecule has 0 amide bonds. The molecular formula is C13H24N2O2. The first-order chi connectivity index (χ1) is 8.20. The van der Waals surface area contributed by atoms with Crippen molar-refractivity contribution in [1.29, 1.82) is 0 Å². The summed E-state index contributed by atoms with van der Waals surface area (Å²) in [6.07, 6.45) is 6.27. The Morgan fingerprint density at radius 2 is 2.12 bits per heavy atom. The molecule has 0 aromatic heterocycles. The number of hydrogen-bond acceptors (Lipinski definition) is 4. The molecule has 17 heavy (non-hydrogen) atoms. The molecule has 2 rings (SSSR count). The number of rotatable bonds is 7. The molecule has 0 heterocycles. The van der Waals surface area contributed by atoms with Gasteiger partial charge in [-0.2, -0.15) is 0 Å². The lowest BCUT2D eigenvalue weighted by Gasteiger charge is -2.36. The largest absolute Gasteiger partial charge is 0.465 e. The molecule has 0 saturated heterocycles. The molecular weight excluding hydrogens is 216 g/mol. The molecule has 2 aliphatic rings. The summed E-state index contributed by atoms with van der Waals surface area (Å²) in [6, 6.07) is 1.07. The molecule has 2 aliphatic carbocycles. The van der Waals surface area contributed by atoms with Gasteiger partial charge in [-0.25, -0.2) is 0 Å². The third-order valence-corrected chi connectivity index (χ3v) is 3.75. The minimum absolute atomic E-state index is 0.0921. The van der Waals surface area contributed by atoms with E-state index in [1.54, 1.807) is 0 Å². The second-order valence-corrected chi connectivity index (χ2v) is 5.27. The number of nitrogens with zero attached hydrogens (tertiary/aromatic N) is 1. The molecule has 0 aromatic rings. The zero-order valence-corrected chi connectivity index (χ0v) is 10.9. The van der Waals surface area contributed by atoms with Gasteiger partial charge >= 0.3 is 5.97 Å². The highest BCUT2D eigenvalue weighted by Gasteiger charge is 2.32. The van der Waals surface area contributed by atoms with Crippen molar-refractivity contribution in [2.75, 3.05) is 20.2 Å². The zero-order chi connectivity index (χ0) is 12.3. The van der Waals surface area contributed by atoms with Crippen molar-refractivity contribution in [3.05, 3.63) is 0 Å². The van der Waals surface area contributed by atoms with E-state index < -0.39 is 0 Å². The predicted molar refractivity (Wildman–Crippen MR) is 66.8 cm³/mol. The maximum atomic E-state index is 11.9. The quantitative estimate of drug-likeness (QED) is 0.678. The van der Waals surface area contributed by atoms with Crippen LogP contribution in [0, 0.1) is 0 Å². The number of carbonyl (C=O) groups excluding carboxylic acids is 1. The fourth-order valence-corrected chi connectivity index (χ4v) is 2.24. The molecule has 1 unspecified atom stereocenters. The van der Waals surface area contributed by atoms with Gasteiger partial charge in [0.1, 0.15) is 6.04 Å². The standard InChI is InChI=1S/C13H24N2O2/c1-3-17-13(16)12(14-10-7-8-10)9-15(2)11-5-4-6-11/h10-12,14H,3-9H2,1-2H3. The number of hydrogen-bond donors (Lipinski definition) is 1.